The van der Waals surface area contributed by atoms with Crippen LogP contribution in [0.3, 0.4) is 0 Å². The number of benzene rings is 1. The van der Waals surface area contributed by atoms with Gasteiger partial charge in [-0.1, -0.05) is 0 Å². The Morgan fingerprint density at radius 2 is 2.09 bits per heavy atom. The molecule has 0 bridgehead atoms. The fourth-order valence-electron chi connectivity index (χ4n) is 2.55. The van der Waals surface area contributed by atoms with E-state index in [1.54, 1.807) is 11.8 Å². The maximum absolute atomic E-state index is 12.0. The highest BCUT2D eigenvalue weighted by Gasteiger charge is 2.22. The molecule has 0 spiro atoms. The van der Waals surface area contributed by atoms with Crippen LogP contribution in [0.4, 0.5) is 5.69 Å². The molecule has 22 heavy (non-hydrogen) atoms. The fourth-order valence-corrected chi connectivity index (χ4v) is 3.50. The molecule has 0 aromatic heterocycles. The van der Waals surface area contributed by atoms with Gasteiger partial charge in [0.1, 0.15) is 5.75 Å². The molecular weight excluding hydrogens is 300 g/mol. The van der Waals surface area contributed by atoms with E-state index in [-0.39, 0.29) is 11.9 Å². The Hall–Kier alpha value is -1.24. The van der Waals surface area contributed by atoms with Crippen LogP contribution in [-0.4, -0.2) is 43.4 Å². The number of amides is 1. The quantitative estimate of drug-likeness (QED) is 0.869. The van der Waals surface area contributed by atoms with Gasteiger partial charge in [-0.2, -0.15) is 0 Å². The van der Waals surface area contributed by atoms with Gasteiger partial charge in [-0.05, 0) is 43.0 Å². The molecule has 0 radical (unpaired) electrons. The van der Waals surface area contributed by atoms with Crippen molar-refractivity contribution in [1.29, 1.82) is 0 Å². The van der Waals surface area contributed by atoms with E-state index >= 15 is 0 Å². The summed E-state index contributed by atoms with van der Waals surface area (Å²) < 4.78 is 11.2. The van der Waals surface area contributed by atoms with E-state index < -0.39 is 0 Å². The largest absolute Gasteiger partial charge is 0.493 e. The number of carbonyl (C=O) groups excluding carboxylic acids is 1. The van der Waals surface area contributed by atoms with E-state index in [0.717, 1.165) is 55.7 Å². The van der Waals surface area contributed by atoms with Gasteiger partial charge in [0.15, 0.2) is 0 Å². The number of carbonyl (C=O) groups is 1. The SMILES string of the molecule is O=C(Nc1ccc(OCC2CCOCC2)cc1)C1CSCN1. The van der Waals surface area contributed by atoms with Gasteiger partial charge in [-0.3, -0.25) is 10.1 Å². The topological polar surface area (TPSA) is 59.6 Å². The van der Waals surface area contributed by atoms with Crippen molar-refractivity contribution in [1.82, 2.24) is 5.32 Å². The Bertz CT molecular complexity index is 483. The summed E-state index contributed by atoms with van der Waals surface area (Å²) in [5, 5.41) is 6.09. The first-order valence-electron chi connectivity index (χ1n) is 7.74. The van der Waals surface area contributed by atoms with Crippen LogP contribution in [0, 0.1) is 5.92 Å². The van der Waals surface area contributed by atoms with Crippen LogP contribution in [0.2, 0.25) is 0 Å². The molecule has 5 nitrogen and oxygen atoms in total. The van der Waals surface area contributed by atoms with Crippen molar-refractivity contribution in [3.8, 4) is 5.75 Å². The van der Waals surface area contributed by atoms with Gasteiger partial charge in [-0.25, -0.2) is 0 Å². The minimum atomic E-state index is -0.0885. The first-order chi connectivity index (χ1) is 10.8. The van der Waals surface area contributed by atoms with Crippen molar-refractivity contribution in [2.45, 2.75) is 18.9 Å². The highest BCUT2D eigenvalue weighted by atomic mass is 32.2. The summed E-state index contributed by atoms with van der Waals surface area (Å²) in [7, 11) is 0. The molecule has 2 N–H and O–H groups in total. The molecular formula is C16H22N2O3S. The van der Waals surface area contributed by atoms with Crippen LogP contribution in [0.25, 0.3) is 0 Å². The zero-order chi connectivity index (χ0) is 15.2. The first kappa shape index (κ1) is 15.6. The van der Waals surface area contributed by atoms with E-state index in [1.807, 2.05) is 24.3 Å². The molecule has 2 heterocycles. The van der Waals surface area contributed by atoms with Crippen molar-refractivity contribution in [2.24, 2.45) is 5.92 Å². The molecule has 2 fully saturated rings. The van der Waals surface area contributed by atoms with Crippen LogP contribution in [-0.2, 0) is 9.53 Å². The molecule has 1 unspecified atom stereocenters. The third-order valence-corrected chi connectivity index (χ3v) is 4.92. The molecule has 3 rings (SSSR count). The lowest BCUT2D eigenvalue weighted by Crippen LogP contribution is -2.37. The zero-order valence-electron chi connectivity index (χ0n) is 12.5. The van der Waals surface area contributed by atoms with Gasteiger partial charge in [-0.15, -0.1) is 11.8 Å². The predicted octanol–water partition coefficient (Wildman–Crippen LogP) is 2.09. The van der Waals surface area contributed by atoms with Gasteiger partial charge in [0, 0.05) is 30.5 Å². The summed E-state index contributed by atoms with van der Waals surface area (Å²) in [5.74, 6) is 3.13. The highest BCUT2D eigenvalue weighted by molar-refractivity contribution is 7.99. The van der Waals surface area contributed by atoms with Gasteiger partial charge in [0.2, 0.25) is 5.91 Å². The molecule has 1 aromatic rings. The van der Waals surface area contributed by atoms with Crippen molar-refractivity contribution in [2.75, 3.05) is 36.8 Å². The van der Waals surface area contributed by atoms with Gasteiger partial charge < -0.3 is 14.8 Å². The summed E-state index contributed by atoms with van der Waals surface area (Å²) in [5.41, 5.74) is 0.808. The molecule has 2 saturated heterocycles. The Kier molecular flexibility index (Phi) is 5.58. The molecule has 2 aliphatic rings. The van der Waals surface area contributed by atoms with Crippen molar-refractivity contribution in [3.05, 3.63) is 24.3 Å². The molecule has 1 atom stereocenters. The molecule has 1 aromatic carbocycles. The third-order valence-electron chi connectivity index (χ3n) is 3.98. The van der Waals surface area contributed by atoms with E-state index in [2.05, 4.69) is 10.6 Å². The Morgan fingerprint density at radius 1 is 1.32 bits per heavy atom. The van der Waals surface area contributed by atoms with Crippen LogP contribution < -0.4 is 15.4 Å². The average Bonchev–Trinajstić information content (AvgIpc) is 3.10. The Labute approximate surface area is 135 Å². The summed E-state index contributed by atoms with van der Waals surface area (Å²) in [6, 6.07) is 7.50. The highest BCUT2D eigenvalue weighted by Crippen LogP contribution is 2.20. The molecule has 0 saturated carbocycles. The Balaban J connectivity index is 1.46. The molecule has 120 valence electrons. The van der Waals surface area contributed by atoms with Gasteiger partial charge in [0.05, 0.1) is 12.6 Å². The summed E-state index contributed by atoms with van der Waals surface area (Å²) in [6.07, 6.45) is 2.14. The number of nitrogens with one attached hydrogen (secondary N) is 2. The lowest BCUT2D eigenvalue weighted by molar-refractivity contribution is -0.117. The predicted molar refractivity (Wildman–Crippen MR) is 88.4 cm³/mol. The maximum Gasteiger partial charge on any atom is 0.242 e. The number of rotatable bonds is 5. The zero-order valence-corrected chi connectivity index (χ0v) is 13.4. The second-order valence-electron chi connectivity index (χ2n) is 5.65. The normalized spacial score (nSPS) is 22.5. The van der Waals surface area contributed by atoms with Crippen LogP contribution in [0.1, 0.15) is 12.8 Å². The average molecular weight is 322 g/mol. The number of anilines is 1. The summed E-state index contributed by atoms with van der Waals surface area (Å²) in [4.78, 5) is 12.0. The molecule has 2 aliphatic heterocycles. The molecule has 6 heteroatoms. The van der Waals surface area contributed by atoms with Crippen molar-refractivity contribution in [3.63, 3.8) is 0 Å². The molecule has 0 aliphatic carbocycles. The van der Waals surface area contributed by atoms with Crippen LogP contribution in [0.5, 0.6) is 5.75 Å². The number of hydrogen-bond acceptors (Lipinski definition) is 5. The Morgan fingerprint density at radius 3 is 2.77 bits per heavy atom. The number of ether oxygens (including phenoxy) is 2. The summed E-state index contributed by atoms with van der Waals surface area (Å²) in [6.45, 7) is 2.41. The van der Waals surface area contributed by atoms with Gasteiger partial charge in [0.25, 0.3) is 0 Å². The van der Waals surface area contributed by atoms with E-state index in [0.29, 0.717) is 5.92 Å². The standard InChI is InChI=1S/C16H22N2O3S/c19-16(15-10-22-11-17-15)18-13-1-3-14(4-2-13)21-9-12-5-7-20-8-6-12/h1-4,12,15,17H,5-11H2,(H,18,19). The van der Waals surface area contributed by atoms with E-state index in [4.69, 9.17) is 9.47 Å². The monoisotopic (exact) mass is 322 g/mol. The minimum absolute atomic E-state index is 0.0286. The third kappa shape index (κ3) is 4.38. The lowest BCUT2D eigenvalue weighted by Gasteiger charge is -2.22. The second kappa shape index (κ2) is 7.85. The minimum Gasteiger partial charge on any atom is -0.493 e. The maximum atomic E-state index is 12.0. The van der Waals surface area contributed by atoms with Crippen LogP contribution in [0.15, 0.2) is 24.3 Å². The fraction of sp³-hybridized carbons (Fsp3) is 0.562. The van der Waals surface area contributed by atoms with E-state index in [9.17, 15) is 4.79 Å². The smallest absolute Gasteiger partial charge is 0.242 e. The second-order valence-corrected chi connectivity index (χ2v) is 6.68. The van der Waals surface area contributed by atoms with Crippen molar-refractivity contribution >= 4 is 23.4 Å². The molecule has 1 amide bonds. The summed E-state index contributed by atoms with van der Waals surface area (Å²) >= 11 is 1.74. The first-order valence-corrected chi connectivity index (χ1v) is 8.89. The lowest BCUT2D eigenvalue weighted by atomic mass is 10.0. The van der Waals surface area contributed by atoms with Crippen molar-refractivity contribution < 1.29 is 14.3 Å². The number of hydrogen-bond donors (Lipinski definition) is 2. The van der Waals surface area contributed by atoms with Gasteiger partial charge >= 0.3 is 0 Å². The van der Waals surface area contributed by atoms with E-state index in [1.165, 1.54) is 0 Å². The van der Waals surface area contributed by atoms with Crippen LogP contribution >= 0.6 is 11.8 Å². The number of thioether (sulfide) groups is 1.